The average molecular weight is 409 g/mol. The summed E-state index contributed by atoms with van der Waals surface area (Å²) < 4.78 is 0. The number of imide groups is 1. The number of nitrogens with zero attached hydrogens (tertiary/aromatic N) is 1. The third-order valence-electron chi connectivity index (χ3n) is 7.07. The topological polar surface area (TPSA) is 58.9 Å². The summed E-state index contributed by atoms with van der Waals surface area (Å²) >= 11 is 0. The van der Waals surface area contributed by atoms with Crippen LogP contribution in [0, 0.1) is 11.8 Å². The quantitative estimate of drug-likeness (QED) is 0.662. The molecule has 0 radical (unpaired) electrons. The molecule has 3 aromatic rings. The fraction of sp³-hybridized carbons (Fsp3) is 0.192. The van der Waals surface area contributed by atoms with Crippen molar-refractivity contribution in [2.24, 2.45) is 11.8 Å². The molecular formula is C26H21N2O3+. The number of carbonyl (C=O) groups is 3. The zero-order valence-electron chi connectivity index (χ0n) is 17.0. The van der Waals surface area contributed by atoms with Crippen molar-refractivity contribution in [1.29, 1.82) is 0 Å². The first-order chi connectivity index (χ1) is 15.1. The van der Waals surface area contributed by atoms with E-state index in [9.17, 15) is 14.4 Å². The summed E-state index contributed by atoms with van der Waals surface area (Å²) in [4.78, 5) is 42.5. The van der Waals surface area contributed by atoms with Crippen molar-refractivity contribution in [2.75, 3.05) is 4.90 Å². The standard InChI is InChI=1S/C26H20N2O3/c1-15(29)23-21-22(24-19-11-5-3-8-17(19)13-14-27(23)24)26(31)28(25(21)30)20-12-6-9-16-7-2-4-10-18(16)20/h2-14,21-24H,1H3/p+1/t21-,22+,23+,24-/m1/s1. The van der Waals surface area contributed by atoms with Crippen LogP contribution in [-0.2, 0) is 14.4 Å². The molecular weight excluding hydrogens is 388 g/mol. The smallest absolute Gasteiger partial charge is 0.244 e. The molecule has 5 atom stereocenters. The number of anilines is 1. The van der Waals surface area contributed by atoms with E-state index >= 15 is 0 Å². The van der Waals surface area contributed by atoms with E-state index in [-0.39, 0.29) is 23.6 Å². The summed E-state index contributed by atoms with van der Waals surface area (Å²) in [7, 11) is 0. The monoisotopic (exact) mass is 409 g/mol. The zero-order valence-corrected chi connectivity index (χ0v) is 17.0. The molecule has 1 unspecified atom stereocenters. The maximum atomic E-state index is 13.8. The van der Waals surface area contributed by atoms with Crippen LogP contribution in [0.3, 0.4) is 0 Å². The lowest BCUT2D eigenvalue weighted by atomic mass is 9.84. The van der Waals surface area contributed by atoms with Crippen molar-refractivity contribution in [1.82, 2.24) is 0 Å². The second-order valence-corrected chi connectivity index (χ2v) is 8.59. The van der Waals surface area contributed by atoms with Crippen molar-refractivity contribution in [3.05, 3.63) is 84.1 Å². The minimum atomic E-state index is -0.653. The van der Waals surface area contributed by atoms with Gasteiger partial charge in [0.2, 0.25) is 11.8 Å². The molecule has 6 rings (SSSR count). The molecule has 2 fully saturated rings. The number of hydrogen-bond acceptors (Lipinski definition) is 3. The van der Waals surface area contributed by atoms with Crippen molar-refractivity contribution in [3.63, 3.8) is 0 Å². The van der Waals surface area contributed by atoms with Crippen LogP contribution in [0.25, 0.3) is 16.8 Å². The molecule has 152 valence electrons. The Labute approximate surface area is 179 Å². The van der Waals surface area contributed by atoms with Crippen LogP contribution in [-0.4, -0.2) is 23.6 Å². The second-order valence-electron chi connectivity index (χ2n) is 8.59. The van der Waals surface area contributed by atoms with E-state index in [4.69, 9.17) is 0 Å². The van der Waals surface area contributed by atoms with Crippen LogP contribution in [0.5, 0.6) is 0 Å². The highest BCUT2D eigenvalue weighted by molar-refractivity contribution is 6.26. The number of nitrogens with one attached hydrogen (secondary N) is 1. The summed E-state index contributed by atoms with van der Waals surface area (Å²) in [5, 5.41) is 1.83. The first kappa shape index (κ1) is 18.2. The van der Waals surface area contributed by atoms with E-state index in [0.29, 0.717) is 5.69 Å². The van der Waals surface area contributed by atoms with Crippen molar-refractivity contribution in [2.45, 2.75) is 19.0 Å². The van der Waals surface area contributed by atoms with E-state index < -0.39 is 17.9 Å². The fourth-order valence-electron chi connectivity index (χ4n) is 5.86. The minimum Gasteiger partial charge on any atom is -0.293 e. The van der Waals surface area contributed by atoms with E-state index in [1.807, 2.05) is 79.0 Å². The van der Waals surface area contributed by atoms with Crippen molar-refractivity contribution < 1.29 is 19.3 Å². The Balaban J connectivity index is 1.53. The van der Waals surface area contributed by atoms with Crippen LogP contribution in [0.1, 0.15) is 24.1 Å². The minimum absolute atomic E-state index is 0.0579. The van der Waals surface area contributed by atoms with Gasteiger partial charge in [-0.3, -0.25) is 19.3 Å². The molecule has 3 aliphatic rings. The molecule has 2 saturated heterocycles. The first-order valence-corrected chi connectivity index (χ1v) is 10.6. The Hall–Kier alpha value is -3.57. The highest BCUT2D eigenvalue weighted by Gasteiger charge is 2.67. The predicted octanol–water partition coefficient (Wildman–Crippen LogP) is 2.53. The van der Waals surface area contributed by atoms with E-state index in [1.54, 1.807) is 0 Å². The van der Waals surface area contributed by atoms with Crippen molar-refractivity contribution >= 4 is 40.1 Å². The Bertz CT molecular complexity index is 1310. The predicted molar refractivity (Wildman–Crippen MR) is 117 cm³/mol. The SMILES string of the molecule is CC(=O)[C@H]1[C@@H]2C(=O)N(c3cccc4ccccc34)C(=O)[C@@H]2[C@H]2c3ccccc3C=C[NH+]21. The summed E-state index contributed by atoms with van der Waals surface area (Å²) in [6.07, 6.45) is 3.95. The van der Waals surface area contributed by atoms with Crippen LogP contribution < -0.4 is 9.80 Å². The lowest BCUT2D eigenvalue weighted by Crippen LogP contribution is -3.12. The molecule has 2 amide bonds. The molecule has 0 bridgehead atoms. The van der Waals surface area contributed by atoms with Crippen molar-refractivity contribution in [3.8, 4) is 0 Å². The maximum Gasteiger partial charge on any atom is 0.244 e. The van der Waals surface area contributed by atoms with Gasteiger partial charge in [0.1, 0.15) is 17.9 Å². The molecule has 3 aromatic carbocycles. The molecule has 3 aliphatic heterocycles. The first-order valence-electron chi connectivity index (χ1n) is 10.6. The van der Waals surface area contributed by atoms with Gasteiger partial charge in [-0.05, 0) is 23.1 Å². The van der Waals surface area contributed by atoms with Gasteiger partial charge in [0, 0.05) is 17.9 Å². The molecule has 0 spiro atoms. The molecule has 3 heterocycles. The molecule has 1 N–H and O–H groups in total. The maximum absolute atomic E-state index is 13.8. The molecule has 5 nitrogen and oxygen atoms in total. The number of amides is 2. The number of carbonyl (C=O) groups excluding carboxylic acids is 3. The zero-order chi connectivity index (χ0) is 21.3. The highest BCUT2D eigenvalue weighted by Crippen LogP contribution is 2.45. The van der Waals surface area contributed by atoms with E-state index in [2.05, 4.69) is 0 Å². The summed E-state index contributed by atoms with van der Waals surface area (Å²) in [6, 6.07) is 20.6. The molecule has 0 aliphatic carbocycles. The van der Waals surface area contributed by atoms with Gasteiger partial charge in [-0.25, -0.2) is 4.90 Å². The molecule has 0 saturated carbocycles. The van der Waals surface area contributed by atoms with Gasteiger partial charge in [0.15, 0.2) is 11.8 Å². The molecule has 0 aromatic heterocycles. The van der Waals surface area contributed by atoms with Crippen LogP contribution in [0.4, 0.5) is 5.69 Å². The van der Waals surface area contributed by atoms with Gasteiger partial charge < -0.3 is 0 Å². The third-order valence-corrected chi connectivity index (χ3v) is 7.07. The van der Waals surface area contributed by atoms with E-state index in [1.165, 1.54) is 11.8 Å². The lowest BCUT2D eigenvalue weighted by Gasteiger charge is -2.30. The lowest BCUT2D eigenvalue weighted by molar-refractivity contribution is -0.884. The van der Waals surface area contributed by atoms with Gasteiger partial charge in [-0.15, -0.1) is 0 Å². The summed E-state index contributed by atoms with van der Waals surface area (Å²) in [5.74, 6) is -1.74. The number of hydrogen-bond donors (Lipinski definition) is 1. The number of Topliss-reactive ketones (excluding diaryl/α,β-unsaturated/α-hetero) is 1. The molecule has 31 heavy (non-hydrogen) atoms. The Morgan fingerprint density at radius 1 is 0.871 bits per heavy atom. The van der Waals surface area contributed by atoms with Crippen LogP contribution in [0.15, 0.2) is 72.9 Å². The number of benzene rings is 3. The number of ketones is 1. The van der Waals surface area contributed by atoms with E-state index in [0.717, 1.165) is 26.8 Å². The Morgan fingerprint density at radius 2 is 1.58 bits per heavy atom. The van der Waals surface area contributed by atoms with Crippen LogP contribution >= 0.6 is 0 Å². The number of rotatable bonds is 2. The number of fused-ring (bicyclic) bond motifs is 6. The average Bonchev–Trinajstić information content (AvgIpc) is 3.26. The highest BCUT2D eigenvalue weighted by atomic mass is 16.2. The van der Waals surface area contributed by atoms with Gasteiger partial charge in [0.05, 0.1) is 11.9 Å². The fourth-order valence-corrected chi connectivity index (χ4v) is 5.86. The largest absolute Gasteiger partial charge is 0.293 e. The normalized spacial score (nSPS) is 28.5. The van der Waals surface area contributed by atoms with Gasteiger partial charge in [-0.1, -0.05) is 60.7 Å². The van der Waals surface area contributed by atoms with Gasteiger partial charge in [-0.2, -0.15) is 0 Å². The van der Waals surface area contributed by atoms with Gasteiger partial charge >= 0.3 is 0 Å². The Kier molecular flexibility index (Phi) is 3.80. The van der Waals surface area contributed by atoms with Crippen LogP contribution in [0.2, 0.25) is 0 Å². The summed E-state index contributed by atoms with van der Waals surface area (Å²) in [6.45, 7) is 1.53. The Morgan fingerprint density at radius 3 is 2.42 bits per heavy atom. The summed E-state index contributed by atoms with van der Waals surface area (Å²) in [5.41, 5.74) is 2.67. The third kappa shape index (κ3) is 2.38. The molecule has 5 heteroatoms. The number of quaternary nitrogens is 1. The second kappa shape index (κ2) is 6.46. The van der Waals surface area contributed by atoms with Gasteiger partial charge in [0.25, 0.3) is 0 Å².